The van der Waals surface area contributed by atoms with Gasteiger partial charge in [0.05, 0.1) is 18.2 Å². The Labute approximate surface area is 112 Å². The van der Waals surface area contributed by atoms with Gasteiger partial charge in [-0.25, -0.2) is 0 Å². The van der Waals surface area contributed by atoms with Crippen molar-refractivity contribution in [1.29, 1.82) is 0 Å². The van der Waals surface area contributed by atoms with Gasteiger partial charge in [-0.2, -0.15) is 4.98 Å². The maximum atomic E-state index is 5.93. The summed E-state index contributed by atoms with van der Waals surface area (Å²) in [5.41, 5.74) is 7.65. The molecule has 1 atom stereocenters. The molecular formula is C13H18N4O2. The van der Waals surface area contributed by atoms with E-state index in [0.717, 1.165) is 17.7 Å². The van der Waals surface area contributed by atoms with E-state index in [1.165, 1.54) is 0 Å². The molecule has 2 N–H and O–H groups in total. The van der Waals surface area contributed by atoms with Crippen LogP contribution in [0.3, 0.4) is 0 Å². The van der Waals surface area contributed by atoms with E-state index >= 15 is 0 Å². The van der Waals surface area contributed by atoms with Gasteiger partial charge in [0.25, 0.3) is 5.89 Å². The molecule has 6 nitrogen and oxygen atoms in total. The quantitative estimate of drug-likeness (QED) is 0.799. The fourth-order valence-corrected chi connectivity index (χ4v) is 1.53. The van der Waals surface area contributed by atoms with Crippen LogP contribution in [0.15, 0.2) is 22.9 Å². The number of ether oxygens (including phenoxy) is 1. The average Bonchev–Trinajstić information content (AvgIpc) is 2.89. The number of nitrogens with two attached hydrogens (primary N) is 1. The highest BCUT2D eigenvalue weighted by molar-refractivity contribution is 5.50. The Kier molecular flexibility index (Phi) is 4.59. The van der Waals surface area contributed by atoms with E-state index in [-0.39, 0.29) is 6.04 Å². The molecule has 0 radical (unpaired) electrons. The van der Waals surface area contributed by atoms with Crippen LogP contribution in [0.4, 0.5) is 0 Å². The molecule has 0 saturated heterocycles. The zero-order valence-electron chi connectivity index (χ0n) is 11.2. The minimum Gasteiger partial charge on any atom is -0.379 e. The van der Waals surface area contributed by atoms with Crippen LogP contribution in [-0.2, 0) is 4.74 Å². The van der Waals surface area contributed by atoms with Crippen LogP contribution in [0.1, 0.15) is 30.9 Å². The number of aryl methyl sites for hydroxylation is 1. The Bertz CT molecular complexity index is 510. The molecule has 0 aromatic carbocycles. The second kappa shape index (κ2) is 6.40. The van der Waals surface area contributed by atoms with Crippen molar-refractivity contribution in [3.8, 4) is 11.5 Å². The molecule has 0 aliphatic carbocycles. The van der Waals surface area contributed by atoms with E-state index in [1.807, 2.05) is 26.0 Å². The largest absolute Gasteiger partial charge is 0.379 e. The van der Waals surface area contributed by atoms with Gasteiger partial charge in [-0.05, 0) is 25.5 Å². The fourth-order valence-electron chi connectivity index (χ4n) is 1.53. The van der Waals surface area contributed by atoms with E-state index in [4.69, 9.17) is 15.0 Å². The van der Waals surface area contributed by atoms with Gasteiger partial charge < -0.3 is 15.0 Å². The minimum atomic E-state index is -0.373. The van der Waals surface area contributed by atoms with Crippen LogP contribution in [0.25, 0.3) is 11.5 Å². The van der Waals surface area contributed by atoms with Crippen molar-refractivity contribution in [2.24, 2.45) is 5.73 Å². The second-order valence-electron chi connectivity index (χ2n) is 4.33. The molecule has 0 spiro atoms. The number of hydrogen-bond acceptors (Lipinski definition) is 6. The zero-order valence-corrected chi connectivity index (χ0v) is 11.2. The first kappa shape index (κ1) is 13.6. The van der Waals surface area contributed by atoms with Crippen molar-refractivity contribution in [3.05, 3.63) is 29.8 Å². The lowest BCUT2D eigenvalue weighted by Crippen LogP contribution is -2.18. The van der Waals surface area contributed by atoms with Gasteiger partial charge in [0.2, 0.25) is 0 Å². The van der Waals surface area contributed by atoms with Crippen molar-refractivity contribution < 1.29 is 9.26 Å². The van der Waals surface area contributed by atoms with E-state index in [2.05, 4.69) is 15.1 Å². The van der Waals surface area contributed by atoms with Crippen molar-refractivity contribution in [1.82, 2.24) is 15.1 Å². The maximum absolute atomic E-state index is 5.93. The molecule has 0 fully saturated rings. The molecule has 2 aromatic rings. The minimum absolute atomic E-state index is 0.373. The molecule has 2 aromatic heterocycles. The smallest absolute Gasteiger partial charge is 0.259 e. The van der Waals surface area contributed by atoms with Gasteiger partial charge in [0.1, 0.15) is 0 Å². The summed E-state index contributed by atoms with van der Waals surface area (Å²) in [6.45, 7) is 5.03. The molecule has 0 saturated carbocycles. The van der Waals surface area contributed by atoms with Crippen molar-refractivity contribution in [2.45, 2.75) is 26.3 Å². The summed E-state index contributed by atoms with van der Waals surface area (Å²) in [5, 5.41) is 3.87. The Hall–Kier alpha value is -1.79. The third-order valence-electron chi connectivity index (χ3n) is 2.58. The van der Waals surface area contributed by atoms with E-state index in [9.17, 15) is 0 Å². The van der Waals surface area contributed by atoms with Gasteiger partial charge >= 0.3 is 0 Å². The van der Waals surface area contributed by atoms with Gasteiger partial charge in [0.15, 0.2) is 5.82 Å². The summed E-state index contributed by atoms with van der Waals surface area (Å²) in [5.74, 6) is 0.875. The topological polar surface area (TPSA) is 87.1 Å². The number of nitrogens with zero attached hydrogens (tertiary/aromatic N) is 3. The van der Waals surface area contributed by atoms with Gasteiger partial charge in [-0.3, -0.25) is 4.98 Å². The first-order valence-electron chi connectivity index (χ1n) is 6.30. The molecule has 0 aliphatic heterocycles. The lowest BCUT2D eigenvalue weighted by atomic mass is 10.2. The third-order valence-corrected chi connectivity index (χ3v) is 2.58. The maximum Gasteiger partial charge on any atom is 0.259 e. The Morgan fingerprint density at radius 2 is 2.26 bits per heavy atom. The van der Waals surface area contributed by atoms with Crippen LogP contribution >= 0.6 is 0 Å². The lowest BCUT2D eigenvalue weighted by Gasteiger charge is -2.06. The molecule has 1 unspecified atom stereocenters. The summed E-state index contributed by atoms with van der Waals surface area (Å²) in [7, 11) is 0. The third kappa shape index (κ3) is 3.59. The number of pyridine rings is 1. The molecule has 2 rings (SSSR count). The van der Waals surface area contributed by atoms with Crippen molar-refractivity contribution in [3.63, 3.8) is 0 Å². The van der Waals surface area contributed by atoms with Crippen LogP contribution in [-0.4, -0.2) is 28.3 Å². The highest BCUT2D eigenvalue weighted by Crippen LogP contribution is 2.18. The Morgan fingerprint density at radius 3 is 2.95 bits per heavy atom. The van der Waals surface area contributed by atoms with Gasteiger partial charge in [-0.15, -0.1) is 0 Å². The highest BCUT2D eigenvalue weighted by atomic mass is 16.5. The molecule has 0 amide bonds. The monoisotopic (exact) mass is 262 g/mol. The Balaban J connectivity index is 2.04. The first-order chi connectivity index (χ1) is 9.20. The fraction of sp³-hybridized carbons (Fsp3) is 0.462. The van der Waals surface area contributed by atoms with Crippen LogP contribution in [0.2, 0.25) is 0 Å². The van der Waals surface area contributed by atoms with E-state index in [1.54, 1.807) is 6.20 Å². The van der Waals surface area contributed by atoms with E-state index in [0.29, 0.717) is 24.9 Å². The van der Waals surface area contributed by atoms with Crippen LogP contribution in [0, 0.1) is 6.92 Å². The molecule has 6 heteroatoms. The first-order valence-corrected chi connectivity index (χ1v) is 6.30. The highest BCUT2D eigenvalue weighted by Gasteiger charge is 2.15. The number of hydrogen-bond donors (Lipinski definition) is 1. The number of rotatable bonds is 6. The zero-order chi connectivity index (χ0) is 13.7. The van der Waals surface area contributed by atoms with Crippen LogP contribution in [0.5, 0.6) is 0 Å². The average molecular weight is 262 g/mol. The summed E-state index contributed by atoms with van der Waals surface area (Å²) in [6, 6.07) is 3.41. The molecule has 19 heavy (non-hydrogen) atoms. The van der Waals surface area contributed by atoms with Crippen molar-refractivity contribution >= 4 is 0 Å². The van der Waals surface area contributed by atoms with Gasteiger partial charge in [0, 0.05) is 18.5 Å². The normalized spacial score (nSPS) is 12.6. The molecule has 0 aliphatic rings. The predicted octanol–water partition coefficient (Wildman–Crippen LogP) is 1.87. The standard InChI is InChI=1S/C13H18N4O2/c1-3-6-18-8-11(14)12-16-13(19-17-12)10-5-4-9(2)15-7-10/h4-5,7,11H,3,6,8,14H2,1-2H3. The summed E-state index contributed by atoms with van der Waals surface area (Å²) < 4.78 is 10.6. The van der Waals surface area contributed by atoms with E-state index < -0.39 is 0 Å². The molecule has 2 heterocycles. The van der Waals surface area contributed by atoms with Crippen LogP contribution < -0.4 is 5.73 Å². The summed E-state index contributed by atoms with van der Waals surface area (Å²) in [6.07, 6.45) is 2.66. The van der Waals surface area contributed by atoms with Gasteiger partial charge in [-0.1, -0.05) is 12.1 Å². The SMILES string of the molecule is CCCOCC(N)c1noc(-c2ccc(C)nc2)n1. The second-order valence-corrected chi connectivity index (χ2v) is 4.33. The lowest BCUT2D eigenvalue weighted by molar-refractivity contribution is 0.119. The summed E-state index contributed by atoms with van der Waals surface area (Å²) >= 11 is 0. The molecule has 102 valence electrons. The summed E-state index contributed by atoms with van der Waals surface area (Å²) in [4.78, 5) is 8.45. The molecule has 0 bridgehead atoms. The Morgan fingerprint density at radius 1 is 1.42 bits per heavy atom. The predicted molar refractivity (Wildman–Crippen MR) is 70.3 cm³/mol. The molecular weight excluding hydrogens is 244 g/mol. The number of aromatic nitrogens is 3. The van der Waals surface area contributed by atoms with Crippen molar-refractivity contribution in [2.75, 3.05) is 13.2 Å².